The number of hydrogen-bond acceptors (Lipinski definition) is 2. The summed E-state index contributed by atoms with van der Waals surface area (Å²) < 4.78 is 24.8. The minimum atomic E-state index is -2.38. The van der Waals surface area contributed by atoms with Gasteiger partial charge in [-0.3, -0.25) is 5.10 Å². The van der Waals surface area contributed by atoms with E-state index in [1.807, 2.05) is 24.3 Å². The van der Waals surface area contributed by atoms with Gasteiger partial charge in [0, 0.05) is 17.4 Å². The Hall–Kier alpha value is -1.91. The molecule has 1 heterocycles. The number of hydrogen-bond donors (Lipinski definition) is 2. The lowest BCUT2D eigenvalue weighted by Crippen LogP contribution is -2.23. The molecule has 1 aromatic carbocycles. The van der Waals surface area contributed by atoms with Gasteiger partial charge in [0.15, 0.2) is 0 Å². The third kappa shape index (κ3) is 2.81. The molecule has 2 rings (SSSR count). The molecule has 0 saturated carbocycles. The molecule has 0 bridgehead atoms. The Morgan fingerprint density at radius 1 is 1.29 bits per heavy atom. The van der Waals surface area contributed by atoms with Crippen molar-refractivity contribution in [1.82, 2.24) is 10.2 Å². The van der Waals surface area contributed by atoms with Crippen LogP contribution in [0.3, 0.4) is 0 Å². The van der Waals surface area contributed by atoms with E-state index in [1.165, 1.54) is 6.92 Å². The Morgan fingerprint density at radius 3 is 2.76 bits per heavy atom. The minimum absolute atomic E-state index is 0.671. The SMILES string of the molecule is CC(Nc1cccc(-c2ccn[nH]2)c1)C(F)F. The second-order valence-corrected chi connectivity index (χ2v) is 3.82. The van der Waals surface area contributed by atoms with Gasteiger partial charge in [0.25, 0.3) is 6.43 Å². The zero-order valence-electron chi connectivity index (χ0n) is 9.32. The van der Waals surface area contributed by atoms with Gasteiger partial charge in [-0.25, -0.2) is 8.78 Å². The van der Waals surface area contributed by atoms with Crippen LogP contribution in [-0.4, -0.2) is 22.7 Å². The molecule has 3 nitrogen and oxygen atoms in total. The number of benzene rings is 1. The summed E-state index contributed by atoms with van der Waals surface area (Å²) >= 11 is 0. The third-order valence-electron chi connectivity index (χ3n) is 2.45. The first-order valence-corrected chi connectivity index (χ1v) is 5.31. The van der Waals surface area contributed by atoms with Crippen LogP contribution in [0, 0.1) is 0 Å². The normalized spacial score (nSPS) is 12.7. The van der Waals surface area contributed by atoms with Crippen molar-refractivity contribution in [1.29, 1.82) is 0 Å². The number of alkyl halides is 2. The molecule has 5 heteroatoms. The zero-order valence-corrected chi connectivity index (χ0v) is 9.32. The van der Waals surface area contributed by atoms with Gasteiger partial charge >= 0.3 is 0 Å². The monoisotopic (exact) mass is 237 g/mol. The maximum Gasteiger partial charge on any atom is 0.258 e. The Balaban J connectivity index is 2.18. The van der Waals surface area contributed by atoms with Crippen LogP contribution in [0.2, 0.25) is 0 Å². The van der Waals surface area contributed by atoms with Crippen molar-refractivity contribution in [2.45, 2.75) is 19.4 Å². The van der Waals surface area contributed by atoms with Crippen LogP contribution in [0.15, 0.2) is 36.5 Å². The Labute approximate surface area is 97.9 Å². The van der Waals surface area contributed by atoms with Crippen molar-refractivity contribution in [3.63, 3.8) is 0 Å². The Bertz CT molecular complexity index is 468. The quantitative estimate of drug-likeness (QED) is 0.857. The molecule has 90 valence electrons. The predicted octanol–water partition coefficient (Wildman–Crippen LogP) is 3.14. The van der Waals surface area contributed by atoms with E-state index in [2.05, 4.69) is 15.5 Å². The Morgan fingerprint density at radius 2 is 2.12 bits per heavy atom. The summed E-state index contributed by atoms with van der Waals surface area (Å²) in [6.45, 7) is 1.45. The van der Waals surface area contributed by atoms with Crippen LogP contribution >= 0.6 is 0 Å². The highest BCUT2D eigenvalue weighted by molar-refractivity contribution is 5.64. The molecule has 2 aromatic rings. The molecule has 0 spiro atoms. The van der Waals surface area contributed by atoms with Gasteiger partial charge in [-0.1, -0.05) is 12.1 Å². The number of aromatic nitrogens is 2. The second kappa shape index (κ2) is 4.95. The van der Waals surface area contributed by atoms with Crippen molar-refractivity contribution in [2.24, 2.45) is 0 Å². The maximum absolute atomic E-state index is 12.4. The first kappa shape index (κ1) is 11.6. The lowest BCUT2D eigenvalue weighted by molar-refractivity contribution is 0.131. The zero-order chi connectivity index (χ0) is 12.3. The first-order valence-electron chi connectivity index (χ1n) is 5.31. The summed E-state index contributed by atoms with van der Waals surface area (Å²) in [5.74, 6) is 0. The van der Waals surface area contributed by atoms with Gasteiger partial charge in [-0.15, -0.1) is 0 Å². The molecule has 17 heavy (non-hydrogen) atoms. The average Bonchev–Trinajstić information content (AvgIpc) is 2.82. The average molecular weight is 237 g/mol. The molecule has 1 unspecified atom stereocenters. The molecule has 0 aliphatic heterocycles. The number of halogens is 2. The van der Waals surface area contributed by atoms with Crippen molar-refractivity contribution < 1.29 is 8.78 Å². The van der Waals surface area contributed by atoms with E-state index in [0.717, 1.165) is 11.3 Å². The van der Waals surface area contributed by atoms with Gasteiger partial charge in [0.2, 0.25) is 0 Å². The van der Waals surface area contributed by atoms with Crippen LogP contribution in [0.1, 0.15) is 6.92 Å². The molecule has 0 amide bonds. The van der Waals surface area contributed by atoms with Crippen LogP contribution in [0.25, 0.3) is 11.3 Å². The van der Waals surface area contributed by atoms with Crippen molar-refractivity contribution in [2.75, 3.05) is 5.32 Å². The van der Waals surface area contributed by atoms with E-state index in [4.69, 9.17) is 0 Å². The van der Waals surface area contributed by atoms with E-state index in [9.17, 15) is 8.78 Å². The molecular weight excluding hydrogens is 224 g/mol. The highest BCUT2D eigenvalue weighted by Gasteiger charge is 2.13. The van der Waals surface area contributed by atoms with Crippen molar-refractivity contribution in [3.05, 3.63) is 36.5 Å². The van der Waals surface area contributed by atoms with E-state index in [-0.39, 0.29) is 0 Å². The molecule has 0 aliphatic carbocycles. The van der Waals surface area contributed by atoms with Crippen LogP contribution in [0.5, 0.6) is 0 Å². The van der Waals surface area contributed by atoms with Crippen molar-refractivity contribution in [3.8, 4) is 11.3 Å². The first-order chi connectivity index (χ1) is 8.16. The molecule has 0 radical (unpaired) electrons. The van der Waals surface area contributed by atoms with Crippen LogP contribution in [0.4, 0.5) is 14.5 Å². The fourth-order valence-corrected chi connectivity index (χ4v) is 1.52. The van der Waals surface area contributed by atoms with E-state index in [1.54, 1.807) is 12.3 Å². The number of aromatic amines is 1. The topological polar surface area (TPSA) is 40.7 Å². The summed E-state index contributed by atoms with van der Waals surface area (Å²) in [5, 5.41) is 9.44. The van der Waals surface area contributed by atoms with E-state index < -0.39 is 12.5 Å². The predicted molar refractivity (Wildman–Crippen MR) is 63.1 cm³/mol. The highest BCUT2D eigenvalue weighted by Crippen LogP contribution is 2.21. The largest absolute Gasteiger partial charge is 0.377 e. The molecule has 1 atom stereocenters. The lowest BCUT2D eigenvalue weighted by Gasteiger charge is -2.14. The molecule has 0 aliphatic rings. The van der Waals surface area contributed by atoms with Gasteiger partial charge < -0.3 is 5.32 Å². The maximum atomic E-state index is 12.4. The standard InChI is InChI=1S/C12H13F2N3/c1-8(12(13)14)16-10-4-2-3-9(7-10)11-5-6-15-17-11/h2-8,12,16H,1H3,(H,15,17). The minimum Gasteiger partial charge on any atom is -0.377 e. The summed E-state index contributed by atoms with van der Waals surface area (Å²) in [6, 6.07) is 8.25. The summed E-state index contributed by atoms with van der Waals surface area (Å²) in [5.41, 5.74) is 2.44. The van der Waals surface area contributed by atoms with E-state index >= 15 is 0 Å². The summed E-state index contributed by atoms with van der Waals surface area (Å²) in [6.07, 6.45) is -0.733. The molecular formula is C12H13F2N3. The number of nitrogens with one attached hydrogen (secondary N) is 2. The van der Waals surface area contributed by atoms with Gasteiger partial charge in [0.1, 0.15) is 0 Å². The third-order valence-corrected chi connectivity index (χ3v) is 2.45. The van der Waals surface area contributed by atoms with Crippen LogP contribution in [-0.2, 0) is 0 Å². The second-order valence-electron chi connectivity index (χ2n) is 3.82. The summed E-state index contributed by atoms with van der Waals surface area (Å²) in [7, 11) is 0. The number of rotatable bonds is 4. The Kier molecular flexibility index (Phi) is 3.37. The fourth-order valence-electron chi connectivity index (χ4n) is 1.52. The molecule has 0 saturated heterocycles. The number of anilines is 1. The smallest absolute Gasteiger partial charge is 0.258 e. The van der Waals surface area contributed by atoms with Gasteiger partial charge in [-0.05, 0) is 25.1 Å². The molecule has 1 aromatic heterocycles. The van der Waals surface area contributed by atoms with Gasteiger partial charge in [0.05, 0.1) is 11.7 Å². The number of nitrogens with zero attached hydrogens (tertiary/aromatic N) is 1. The molecule has 2 N–H and O–H groups in total. The number of H-pyrrole nitrogens is 1. The van der Waals surface area contributed by atoms with Crippen LogP contribution < -0.4 is 5.32 Å². The van der Waals surface area contributed by atoms with Crippen molar-refractivity contribution >= 4 is 5.69 Å². The lowest BCUT2D eigenvalue weighted by atomic mass is 10.1. The molecule has 0 fully saturated rings. The fraction of sp³-hybridized carbons (Fsp3) is 0.250. The van der Waals surface area contributed by atoms with E-state index in [0.29, 0.717) is 5.69 Å². The highest BCUT2D eigenvalue weighted by atomic mass is 19.3. The van der Waals surface area contributed by atoms with Gasteiger partial charge in [-0.2, -0.15) is 5.10 Å². The summed E-state index contributed by atoms with van der Waals surface area (Å²) in [4.78, 5) is 0.